The van der Waals surface area contributed by atoms with Crippen LogP contribution >= 0.6 is 0 Å². The number of aliphatic hydroxyl groups excluding tert-OH is 1. The van der Waals surface area contributed by atoms with Crippen molar-refractivity contribution in [2.24, 2.45) is 34.5 Å². The summed E-state index contributed by atoms with van der Waals surface area (Å²) in [6.07, 6.45) is 11.2. The van der Waals surface area contributed by atoms with Crippen LogP contribution in [0.3, 0.4) is 0 Å². The topological polar surface area (TPSA) is 37.3 Å². The maximum absolute atomic E-state index is 11.9. The van der Waals surface area contributed by atoms with Crippen molar-refractivity contribution in [1.29, 1.82) is 0 Å². The zero-order valence-corrected chi connectivity index (χ0v) is 18.0. The molecule has 0 aliphatic heterocycles. The van der Waals surface area contributed by atoms with Crippen LogP contribution in [-0.2, 0) is 4.79 Å². The Morgan fingerprint density at radius 3 is 2.28 bits per heavy atom. The molecule has 0 spiro atoms. The van der Waals surface area contributed by atoms with Crippen LogP contribution in [0, 0.1) is 34.5 Å². The standard InChI is InChI=1S/C20H34O.C2H6.CH4O/c1-5-6-17-16-8-7-14-13-15(21)9-12-20(14,4)18(16)10-11-19(17,2)3;2*1-2/h14,16-18H,5-13H2,1-4H3;1-2H3;2H,1H3. The van der Waals surface area contributed by atoms with Gasteiger partial charge in [0, 0.05) is 20.0 Å². The molecule has 0 radical (unpaired) electrons. The number of aliphatic hydroxyl groups is 1. The van der Waals surface area contributed by atoms with Gasteiger partial charge in [-0.2, -0.15) is 0 Å². The molecule has 0 aromatic heterocycles. The van der Waals surface area contributed by atoms with Crippen molar-refractivity contribution < 1.29 is 9.90 Å². The molecule has 3 aliphatic rings. The number of carbonyl (C=O) groups is 1. The first kappa shape index (κ1) is 22.7. The molecular weight excluding hydrogens is 308 g/mol. The third-order valence-electron chi connectivity index (χ3n) is 7.78. The van der Waals surface area contributed by atoms with Gasteiger partial charge in [-0.1, -0.05) is 48.0 Å². The van der Waals surface area contributed by atoms with Gasteiger partial charge < -0.3 is 5.11 Å². The van der Waals surface area contributed by atoms with Gasteiger partial charge in [0.2, 0.25) is 0 Å². The Bertz CT molecular complexity index is 414. The second-order valence-corrected chi connectivity index (χ2v) is 9.22. The maximum atomic E-state index is 11.9. The van der Waals surface area contributed by atoms with Gasteiger partial charge in [0.25, 0.3) is 0 Å². The van der Waals surface area contributed by atoms with E-state index in [4.69, 9.17) is 5.11 Å². The molecule has 3 aliphatic carbocycles. The summed E-state index contributed by atoms with van der Waals surface area (Å²) in [6.45, 7) is 13.9. The molecule has 25 heavy (non-hydrogen) atoms. The Hall–Kier alpha value is -0.370. The highest BCUT2D eigenvalue weighted by Crippen LogP contribution is 2.63. The van der Waals surface area contributed by atoms with Crippen molar-refractivity contribution in [3.8, 4) is 0 Å². The fourth-order valence-corrected chi connectivity index (χ4v) is 6.46. The summed E-state index contributed by atoms with van der Waals surface area (Å²) in [5.41, 5.74) is 1.00. The van der Waals surface area contributed by atoms with E-state index in [1.165, 1.54) is 44.9 Å². The van der Waals surface area contributed by atoms with E-state index in [0.29, 0.717) is 22.5 Å². The number of ketones is 1. The van der Waals surface area contributed by atoms with E-state index in [1.54, 1.807) is 0 Å². The third kappa shape index (κ3) is 4.49. The lowest BCUT2D eigenvalue weighted by Crippen LogP contribution is -2.53. The number of fused-ring (bicyclic) bond motifs is 3. The Morgan fingerprint density at radius 2 is 1.68 bits per heavy atom. The molecule has 3 fully saturated rings. The van der Waals surface area contributed by atoms with Gasteiger partial charge in [-0.05, 0) is 73.0 Å². The highest BCUT2D eigenvalue weighted by atomic mass is 16.2. The third-order valence-corrected chi connectivity index (χ3v) is 7.78. The second-order valence-electron chi connectivity index (χ2n) is 9.22. The van der Waals surface area contributed by atoms with E-state index < -0.39 is 0 Å². The molecule has 0 amide bonds. The number of carbonyl (C=O) groups excluding carboxylic acids is 1. The van der Waals surface area contributed by atoms with E-state index >= 15 is 0 Å². The van der Waals surface area contributed by atoms with Crippen LogP contribution in [0.15, 0.2) is 0 Å². The molecule has 3 saturated carbocycles. The van der Waals surface area contributed by atoms with Gasteiger partial charge >= 0.3 is 0 Å². The molecule has 2 nitrogen and oxygen atoms in total. The maximum Gasteiger partial charge on any atom is 0.133 e. The van der Waals surface area contributed by atoms with Crippen LogP contribution < -0.4 is 0 Å². The number of Topliss-reactive ketones (excluding diaryl/α,β-unsaturated/α-hetero) is 1. The van der Waals surface area contributed by atoms with Crippen molar-refractivity contribution in [2.75, 3.05) is 7.11 Å². The summed E-state index contributed by atoms with van der Waals surface area (Å²) >= 11 is 0. The predicted molar refractivity (Wildman–Crippen MR) is 108 cm³/mol. The van der Waals surface area contributed by atoms with Crippen LogP contribution in [-0.4, -0.2) is 18.0 Å². The summed E-state index contributed by atoms with van der Waals surface area (Å²) in [7, 11) is 1.00. The number of hydrogen-bond donors (Lipinski definition) is 1. The minimum absolute atomic E-state index is 0.472. The van der Waals surface area contributed by atoms with E-state index in [0.717, 1.165) is 37.7 Å². The number of hydrogen-bond acceptors (Lipinski definition) is 2. The average Bonchev–Trinajstić information content (AvgIpc) is 2.61. The van der Waals surface area contributed by atoms with E-state index in [-0.39, 0.29) is 0 Å². The lowest BCUT2D eigenvalue weighted by atomic mass is 9.44. The molecule has 0 aromatic carbocycles. The molecule has 0 bridgehead atoms. The first-order valence-corrected chi connectivity index (χ1v) is 10.8. The number of rotatable bonds is 2. The molecule has 148 valence electrons. The largest absolute Gasteiger partial charge is 0.400 e. The van der Waals surface area contributed by atoms with E-state index in [1.807, 2.05) is 13.8 Å². The van der Waals surface area contributed by atoms with Crippen molar-refractivity contribution in [3.05, 3.63) is 0 Å². The summed E-state index contributed by atoms with van der Waals surface area (Å²) < 4.78 is 0. The highest BCUT2D eigenvalue weighted by molar-refractivity contribution is 5.79. The average molecular weight is 353 g/mol. The summed E-state index contributed by atoms with van der Waals surface area (Å²) in [5, 5.41) is 7.00. The van der Waals surface area contributed by atoms with E-state index in [2.05, 4.69) is 27.7 Å². The molecule has 0 heterocycles. The minimum Gasteiger partial charge on any atom is -0.400 e. The Labute approximate surface area is 157 Å². The van der Waals surface area contributed by atoms with E-state index in [9.17, 15) is 4.79 Å². The highest BCUT2D eigenvalue weighted by Gasteiger charge is 2.55. The molecule has 5 unspecified atom stereocenters. The first-order valence-electron chi connectivity index (χ1n) is 10.8. The van der Waals surface area contributed by atoms with Crippen molar-refractivity contribution >= 4 is 5.78 Å². The SMILES string of the molecule is CC.CCCC1C2CCC3CC(=O)CCC3(C)C2CCC1(C)C.CO. The lowest BCUT2D eigenvalue weighted by molar-refractivity contribution is -0.139. The minimum atomic E-state index is 0.472. The van der Waals surface area contributed by atoms with Crippen molar-refractivity contribution in [3.63, 3.8) is 0 Å². The smallest absolute Gasteiger partial charge is 0.133 e. The fraction of sp³-hybridized carbons (Fsp3) is 0.957. The zero-order valence-electron chi connectivity index (χ0n) is 18.0. The van der Waals surface area contributed by atoms with Crippen LogP contribution in [0.25, 0.3) is 0 Å². The van der Waals surface area contributed by atoms with Gasteiger partial charge in [-0.3, -0.25) is 4.79 Å². The normalized spacial score (nSPS) is 39.0. The van der Waals surface area contributed by atoms with Crippen LogP contribution in [0.5, 0.6) is 0 Å². The van der Waals surface area contributed by atoms with Gasteiger partial charge in [0.15, 0.2) is 0 Å². The van der Waals surface area contributed by atoms with Gasteiger partial charge in [0.1, 0.15) is 5.78 Å². The quantitative estimate of drug-likeness (QED) is 0.637. The summed E-state index contributed by atoms with van der Waals surface area (Å²) in [5.74, 6) is 3.98. The molecule has 0 aromatic rings. The zero-order chi connectivity index (χ0) is 19.3. The monoisotopic (exact) mass is 352 g/mol. The molecular formula is C23H44O2. The van der Waals surface area contributed by atoms with Crippen LogP contribution in [0.2, 0.25) is 0 Å². The molecule has 0 saturated heterocycles. The molecule has 1 N–H and O–H groups in total. The first-order chi connectivity index (χ1) is 11.9. The molecule has 3 rings (SSSR count). The fourth-order valence-electron chi connectivity index (χ4n) is 6.46. The lowest BCUT2D eigenvalue weighted by Gasteiger charge is -2.60. The predicted octanol–water partition coefficient (Wildman–Crippen LogP) is 6.26. The van der Waals surface area contributed by atoms with Crippen LogP contribution in [0.1, 0.15) is 99.3 Å². The Balaban J connectivity index is 0.000000730. The summed E-state index contributed by atoms with van der Waals surface area (Å²) in [6, 6.07) is 0. The van der Waals surface area contributed by atoms with Gasteiger partial charge in [0.05, 0.1) is 0 Å². The molecule has 5 atom stereocenters. The Morgan fingerprint density at radius 1 is 1.04 bits per heavy atom. The second kappa shape index (κ2) is 9.53. The van der Waals surface area contributed by atoms with Gasteiger partial charge in [-0.25, -0.2) is 0 Å². The van der Waals surface area contributed by atoms with Crippen molar-refractivity contribution in [2.45, 2.75) is 99.3 Å². The molecule has 2 heteroatoms. The summed E-state index contributed by atoms with van der Waals surface area (Å²) in [4.78, 5) is 11.9. The van der Waals surface area contributed by atoms with Crippen molar-refractivity contribution in [1.82, 2.24) is 0 Å². The van der Waals surface area contributed by atoms with Crippen LogP contribution in [0.4, 0.5) is 0 Å². The van der Waals surface area contributed by atoms with Gasteiger partial charge in [-0.15, -0.1) is 0 Å². The Kier molecular flexibility index (Phi) is 8.64.